The Hall–Kier alpha value is -1.66. The van der Waals surface area contributed by atoms with Crippen LogP contribution in [-0.4, -0.2) is 46.6 Å². The van der Waals surface area contributed by atoms with Gasteiger partial charge in [-0.2, -0.15) is 0 Å². The van der Waals surface area contributed by atoms with Crippen molar-refractivity contribution in [1.29, 1.82) is 0 Å². The summed E-state index contributed by atoms with van der Waals surface area (Å²) in [5, 5.41) is 9.85. The van der Waals surface area contributed by atoms with Crippen LogP contribution in [0.4, 0.5) is 0 Å². The van der Waals surface area contributed by atoms with E-state index >= 15 is 0 Å². The van der Waals surface area contributed by atoms with Crippen molar-refractivity contribution < 1.29 is 28.9 Å². The Labute approximate surface area is 154 Å². The summed E-state index contributed by atoms with van der Waals surface area (Å²) < 4.78 is 17.1. The highest BCUT2D eigenvalue weighted by Crippen LogP contribution is 2.50. The molecule has 0 bridgehead atoms. The van der Waals surface area contributed by atoms with Crippen LogP contribution in [0.2, 0.25) is 0 Å². The first-order chi connectivity index (χ1) is 12.0. The van der Waals surface area contributed by atoms with Gasteiger partial charge in [-0.1, -0.05) is 12.7 Å². The Bertz CT molecular complexity index is 658. The van der Waals surface area contributed by atoms with E-state index in [1.54, 1.807) is 13.8 Å². The van der Waals surface area contributed by atoms with E-state index in [1.165, 1.54) is 0 Å². The van der Waals surface area contributed by atoms with Crippen LogP contribution >= 0.6 is 0 Å². The van der Waals surface area contributed by atoms with Crippen LogP contribution in [0.25, 0.3) is 0 Å². The molecule has 0 radical (unpaired) electrons. The molecule has 3 rings (SSSR count). The lowest BCUT2D eigenvalue weighted by Gasteiger charge is -2.26. The second-order valence-electron chi connectivity index (χ2n) is 8.54. The fourth-order valence-electron chi connectivity index (χ4n) is 3.88. The van der Waals surface area contributed by atoms with Crippen molar-refractivity contribution in [2.75, 3.05) is 0 Å². The molecule has 0 saturated carbocycles. The number of hydrogen-bond donors (Lipinski definition) is 1. The summed E-state index contributed by atoms with van der Waals surface area (Å²) in [6.45, 7) is 11.0. The van der Waals surface area contributed by atoms with Crippen LogP contribution in [0.1, 0.15) is 53.4 Å². The average Bonchev–Trinajstić information content (AvgIpc) is 3.09. The molecule has 1 N–H and O–H groups in total. The predicted octanol–water partition coefficient (Wildman–Crippen LogP) is 2.44. The molecule has 6 heteroatoms. The molecule has 0 aromatic carbocycles. The summed E-state index contributed by atoms with van der Waals surface area (Å²) in [6, 6.07) is 0. The van der Waals surface area contributed by atoms with E-state index < -0.39 is 23.6 Å². The second kappa shape index (κ2) is 6.50. The lowest BCUT2D eigenvalue weighted by molar-refractivity contribution is -0.153. The fourth-order valence-corrected chi connectivity index (χ4v) is 3.88. The second-order valence-corrected chi connectivity index (χ2v) is 8.54. The fraction of sp³-hybridized carbons (Fsp3) is 0.700. The first-order valence-electron chi connectivity index (χ1n) is 9.16. The number of esters is 2. The number of carbonyl (C=O) groups is 2. The SMILES string of the molecule is C=C1C(=O)O[C@@H]2[C@H]3O[C@]3(C)CC/C=C(\C)[C@@H](OC(=O)CC(C)(C)O)C[C@@H]12. The number of ether oxygens (including phenoxy) is 3. The maximum absolute atomic E-state index is 12.2. The van der Waals surface area contributed by atoms with Gasteiger partial charge in [0.05, 0.1) is 17.6 Å². The van der Waals surface area contributed by atoms with Gasteiger partial charge in [0.15, 0.2) is 0 Å². The Balaban J connectivity index is 1.82. The normalized spacial score (nSPS) is 39.2. The summed E-state index contributed by atoms with van der Waals surface area (Å²) in [5.41, 5.74) is -0.0745. The minimum Gasteiger partial charge on any atom is -0.458 e. The van der Waals surface area contributed by atoms with Crippen molar-refractivity contribution in [3.8, 4) is 0 Å². The molecular formula is C20H28O6. The Kier molecular flexibility index (Phi) is 4.78. The molecular weight excluding hydrogens is 336 g/mol. The van der Waals surface area contributed by atoms with Gasteiger partial charge in [-0.25, -0.2) is 4.79 Å². The smallest absolute Gasteiger partial charge is 0.334 e. The van der Waals surface area contributed by atoms with Crippen molar-refractivity contribution in [2.45, 2.75) is 82.9 Å². The van der Waals surface area contributed by atoms with Crippen molar-refractivity contribution >= 4 is 11.9 Å². The first kappa shape index (κ1) is 19.1. The summed E-state index contributed by atoms with van der Waals surface area (Å²) in [7, 11) is 0. The highest BCUT2D eigenvalue weighted by atomic mass is 16.6. The molecule has 0 aromatic heterocycles. The maximum Gasteiger partial charge on any atom is 0.334 e. The van der Waals surface area contributed by atoms with E-state index in [-0.39, 0.29) is 30.1 Å². The summed E-state index contributed by atoms with van der Waals surface area (Å²) in [6.07, 6.45) is 2.99. The average molecular weight is 364 g/mol. The quantitative estimate of drug-likeness (QED) is 0.358. The van der Waals surface area contributed by atoms with Crippen molar-refractivity contribution in [1.82, 2.24) is 0 Å². The number of epoxide rings is 1. The molecule has 0 amide bonds. The van der Waals surface area contributed by atoms with E-state index in [1.807, 2.05) is 13.8 Å². The standard InChI is InChI=1S/C20H28O6/c1-11-7-6-8-20(5)17(26-20)16-13(12(2)18(22)25-16)9-14(11)24-15(21)10-19(3,4)23/h7,13-14,16-17,23H,2,6,8-10H2,1,3-5H3/b11-7+/t13-,14-,16-,17+,20+/m0/s1. The molecule has 0 aromatic rings. The molecule has 1 aliphatic carbocycles. The highest BCUT2D eigenvalue weighted by Gasteiger charge is 2.61. The topological polar surface area (TPSA) is 85.4 Å². The molecule has 5 atom stereocenters. The van der Waals surface area contributed by atoms with Gasteiger partial charge in [-0.3, -0.25) is 4.79 Å². The largest absolute Gasteiger partial charge is 0.458 e. The van der Waals surface area contributed by atoms with E-state index in [0.29, 0.717) is 12.0 Å². The molecule has 144 valence electrons. The van der Waals surface area contributed by atoms with Crippen LogP contribution < -0.4 is 0 Å². The Morgan fingerprint density at radius 2 is 2.19 bits per heavy atom. The molecule has 0 spiro atoms. The van der Waals surface area contributed by atoms with Crippen LogP contribution in [0.5, 0.6) is 0 Å². The van der Waals surface area contributed by atoms with E-state index in [9.17, 15) is 14.7 Å². The third-order valence-corrected chi connectivity index (χ3v) is 5.52. The number of carbonyl (C=O) groups excluding carboxylic acids is 2. The number of allylic oxidation sites excluding steroid dienone is 1. The molecule has 26 heavy (non-hydrogen) atoms. The van der Waals surface area contributed by atoms with E-state index in [4.69, 9.17) is 14.2 Å². The van der Waals surface area contributed by atoms with Crippen LogP contribution in [-0.2, 0) is 23.8 Å². The zero-order valence-electron chi connectivity index (χ0n) is 15.9. The molecule has 2 saturated heterocycles. The highest BCUT2D eigenvalue weighted by molar-refractivity contribution is 5.91. The van der Waals surface area contributed by atoms with E-state index in [2.05, 4.69) is 12.7 Å². The van der Waals surface area contributed by atoms with Gasteiger partial charge < -0.3 is 19.3 Å². The third kappa shape index (κ3) is 3.86. The van der Waals surface area contributed by atoms with E-state index in [0.717, 1.165) is 18.4 Å². The number of rotatable bonds is 3. The molecule has 2 heterocycles. The number of aliphatic hydroxyl groups is 1. The van der Waals surface area contributed by atoms with Crippen molar-refractivity contribution in [2.24, 2.45) is 5.92 Å². The zero-order chi connectivity index (χ0) is 19.3. The molecule has 6 nitrogen and oxygen atoms in total. The van der Waals surface area contributed by atoms with Gasteiger partial charge in [0.2, 0.25) is 0 Å². The summed E-state index contributed by atoms with van der Waals surface area (Å²) >= 11 is 0. The maximum atomic E-state index is 12.2. The summed E-state index contributed by atoms with van der Waals surface area (Å²) in [5.74, 6) is -1.12. The number of hydrogen-bond acceptors (Lipinski definition) is 6. The van der Waals surface area contributed by atoms with Crippen LogP contribution in [0.3, 0.4) is 0 Å². The molecule has 0 unspecified atom stereocenters. The van der Waals surface area contributed by atoms with Crippen molar-refractivity contribution in [3.63, 3.8) is 0 Å². The third-order valence-electron chi connectivity index (χ3n) is 5.52. The zero-order valence-corrected chi connectivity index (χ0v) is 15.9. The van der Waals surface area contributed by atoms with Gasteiger partial charge >= 0.3 is 11.9 Å². The number of fused-ring (bicyclic) bond motifs is 3. The molecule has 2 fully saturated rings. The first-order valence-corrected chi connectivity index (χ1v) is 9.16. The Morgan fingerprint density at radius 3 is 2.85 bits per heavy atom. The van der Waals surface area contributed by atoms with Gasteiger partial charge in [0, 0.05) is 11.5 Å². The molecule has 3 aliphatic rings. The van der Waals surface area contributed by atoms with Crippen LogP contribution in [0, 0.1) is 5.92 Å². The molecule has 2 aliphatic heterocycles. The minimum atomic E-state index is -1.13. The van der Waals surface area contributed by atoms with Gasteiger partial charge in [0.1, 0.15) is 18.3 Å². The van der Waals surface area contributed by atoms with Crippen LogP contribution in [0.15, 0.2) is 23.8 Å². The monoisotopic (exact) mass is 364 g/mol. The lowest BCUT2D eigenvalue weighted by atomic mass is 9.83. The lowest BCUT2D eigenvalue weighted by Crippen LogP contribution is -2.34. The summed E-state index contributed by atoms with van der Waals surface area (Å²) in [4.78, 5) is 24.3. The predicted molar refractivity (Wildman–Crippen MR) is 94.2 cm³/mol. The van der Waals surface area contributed by atoms with Gasteiger partial charge in [-0.15, -0.1) is 0 Å². The van der Waals surface area contributed by atoms with Gasteiger partial charge in [0.25, 0.3) is 0 Å². The van der Waals surface area contributed by atoms with Crippen molar-refractivity contribution in [3.05, 3.63) is 23.8 Å². The Morgan fingerprint density at radius 1 is 1.50 bits per heavy atom. The van der Waals surface area contributed by atoms with Gasteiger partial charge in [-0.05, 0) is 52.5 Å². The minimum absolute atomic E-state index is 0.0922.